The van der Waals surface area contributed by atoms with Crippen LogP contribution in [0.2, 0.25) is 0 Å². The van der Waals surface area contributed by atoms with Gasteiger partial charge in [0.2, 0.25) is 35.4 Å². The van der Waals surface area contributed by atoms with Gasteiger partial charge in [0.15, 0.2) is 0 Å². The van der Waals surface area contributed by atoms with E-state index >= 15 is 0 Å². The lowest BCUT2D eigenvalue weighted by Gasteiger charge is -2.28. The van der Waals surface area contributed by atoms with Crippen molar-refractivity contribution >= 4 is 53.3 Å². The number of tetrazole rings is 1. The molecule has 5 amide bonds. The molecule has 5 rings (SSSR count). The molecule has 0 unspecified atom stereocenters. The Hall–Kier alpha value is -5.71. The number of carbonyl (C=O) groups excluding carboxylic acids is 5. The number of aryl methyl sites for hydroxylation is 1. The zero-order valence-corrected chi connectivity index (χ0v) is 30.7. The lowest BCUT2D eigenvalue weighted by Crippen LogP contribution is -2.48. The molecule has 286 valence electrons. The maximum Gasteiger partial charge on any atom is 0.247 e. The van der Waals surface area contributed by atoms with Gasteiger partial charge < -0.3 is 38.1 Å². The number of hydrogen-bond donors (Lipinski definition) is 8. The fraction of sp³-hybridized carbons (Fsp3) is 0.351. The van der Waals surface area contributed by atoms with E-state index in [1.165, 1.54) is 0 Å². The van der Waals surface area contributed by atoms with Gasteiger partial charge in [0.1, 0.15) is 6.04 Å². The number of amides is 5. The minimum atomic E-state index is -0.823. The van der Waals surface area contributed by atoms with Crippen LogP contribution in [0.15, 0.2) is 66.7 Å². The largest absolute Gasteiger partial charge is 0.346 e. The minimum absolute atomic E-state index is 0. The van der Waals surface area contributed by atoms with Crippen LogP contribution in [0, 0.1) is 18.8 Å². The summed E-state index contributed by atoms with van der Waals surface area (Å²) in [5.41, 5.74) is 16.5. The molecule has 10 N–H and O–H groups in total. The van der Waals surface area contributed by atoms with Crippen molar-refractivity contribution < 1.29 is 24.0 Å². The van der Waals surface area contributed by atoms with Crippen molar-refractivity contribution in [2.45, 2.75) is 45.1 Å². The number of hydrogen-bond acceptors (Lipinski definition) is 10. The molecule has 1 aliphatic rings. The Labute approximate surface area is 318 Å². The van der Waals surface area contributed by atoms with Gasteiger partial charge in [-0.3, -0.25) is 24.0 Å². The summed E-state index contributed by atoms with van der Waals surface area (Å²) in [5.74, 6) is -1.18. The molecule has 0 spiro atoms. The van der Waals surface area contributed by atoms with Crippen LogP contribution in [-0.4, -0.2) is 82.4 Å². The Morgan fingerprint density at radius 1 is 0.796 bits per heavy atom. The highest BCUT2D eigenvalue weighted by molar-refractivity contribution is 5.98. The number of aromatic amines is 1. The Morgan fingerprint density at radius 3 is 2.07 bits per heavy atom. The van der Waals surface area contributed by atoms with Gasteiger partial charge in [0.05, 0.1) is 19.6 Å². The number of carbonyl (C=O) groups is 5. The van der Waals surface area contributed by atoms with Crippen molar-refractivity contribution in [1.82, 2.24) is 36.6 Å². The van der Waals surface area contributed by atoms with E-state index < -0.39 is 23.8 Å². The first-order valence-electron chi connectivity index (χ1n) is 17.5. The van der Waals surface area contributed by atoms with E-state index in [9.17, 15) is 24.0 Å². The summed E-state index contributed by atoms with van der Waals surface area (Å²) in [6, 6.07) is 19.5. The fourth-order valence-corrected chi connectivity index (χ4v) is 6.19. The van der Waals surface area contributed by atoms with Gasteiger partial charge in [0, 0.05) is 29.3 Å². The predicted molar refractivity (Wildman–Crippen MR) is 206 cm³/mol. The van der Waals surface area contributed by atoms with E-state index in [-0.39, 0.29) is 56.2 Å². The summed E-state index contributed by atoms with van der Waals surface area (Å²) in [5, 5.41) is 27.5. The van der Waals surface area contributed by atoms with Crippen LogP contribution < -0.4 is 38.1 Å². The molecular formula is C37H46ClN11O5. The molecule has 0 bridgehead atoms. The van der Waals surface area contributed by atoms with Crippen molar-refractivity contribution in [2.75, 3.05) is 36.8 Å². The molecular weight excluding hydrogens is 714 g/mol. The van der Waals surface area contributed by atoms with Gasteiger partial charge in [-0.2, -0.15) is 5.21 Å². The fourth-order valence-electron chi connectivity index (χ4n) is 6.19. The van der Waals surface area contributed by atoms with Crippen molar-refractivity contribution in [3.63, 3.8) is 0 Å². The SMILES string of the molecule is Cc1cc(NC(=O)CNC(=O)CNC(=O)CN)ccc1-c1ccc(C[C@H](NC(=O)C2CCC(CN)CC2)C(=O)Nc2ccc(-c3nn[nH]n3)cc2)cc1.Cl. The molecule has 1 fully saturated rings. The third-order valence-corrected chi connectivity index (χ3v) is 9.23. The van der Waals surface area contributed by atoms with Crippen LogP contribution >= 0.6 is 12.4 Å². The average molecular weight is 760 g/mol. The van der Waals surface area contributed by atoms with Gasteiger partial charge in [-0.15, -0.1) is 22.6 Å². The zero-order chi connectivity index (χ0) is 37.7. The van der Waals surface area contributed by atoms with Gasteiger partial charge in [-0.25, -0.2) is 0 Å². The van der Waals surface area contributed by atoms with Crippen LogP contribution in [-0.2, 0) is 30.4 Å². The number of halogens is 1. The number of rotatable bonds is 15. The number of nitrogens with two attached hydrogens (primary N) is 2. The highest BCUT2D eigenvalue weighted by Crippen LogP contribution is 2.29. The molecule has 1 atom stereocenters. The Kier molecular flexibility index (Phi) is 15.2. The lowest BCUT2D eigenvalue weighted by atomic mass is 9.81. The van der Waals surface area contributed by atoms with E-state index in [0.717, 1.165) is 53.5 Å². The first kappa shape index (κ1) is 41.1. The molecule has 1 saturated carbocycles. The third kappa shape index (κ3) is 11.6. The number of anilines is 2. The Morgan fingerprint density at radius 2 is 1.44 bits per heavy atom. The summed E-state index contributed by atoms with van der Waals surface area (Å²) < 4.78 is 0. The summed E-state index contributed by atoms with van der Waals surface area (Å²) in [6.07, 6.45) is 3.54. The van der Waals surface area contributed by atoms with Crippen LogP contribution in [0.4, 0.5) is 11.4 Å². The molecule has 0 saturated heterocycles. The summed E-state index contributed by atoms with van der Waals surface area (Å²) in [4.78, 5) is 62.5. The first-order valence-corrected chi connectivity index (χ1v) is 17.5. The maximum absolute atomic E-state index is 13.7. The number of benzene rings is 3. The molecule has 0 aliphatic heterocycles. The second-order valence-corrected chi connectivity index (χ2v) is 13.1. The van der Waals surface area contributed by atoms with Crippen LogP contribution in [0.3, 0.4) is 0 Å². The van der Waals surface area contributed by atoms with Gasteiger partial charge in [-0.05, 0) is 109 Å². The van der Waals surface area contributed by atoms with E-state index in [0.29, 0.717) is 29.7 Å². The molecule has 1 aromatic heterocycles. The van der Waals surface area contributed by atoms with Crippen molar-refractivity contribution in [3.8, 4) is 22.5 Å². The third-order valence-electron chi connectivity index (χ3n) is 9.23. The van der Waals surface area contributed by atoms with Crippen molar-refractivity contribution in [3.05, 3.63) is 77.9 Å². The monoisotopic (exact) mass is 759 g/mol. The maximum atomic E-state index is 13.7. The summed E-state index contributed by atoms with van der Waals surface area (Å²) in [7, 11) is 0. The normalized spacial score (nSPS) is 15.5. The second-order valence-electron chi connectivity index (χ2n) is 13.1. The van der Waals surface area contributed by atoms with Gasteiger partial charge in [-0.1, -0.05) is 30.3 Å². The second kappa shape index (κ2) is 19.9. The summed E-state index contributed by atoms with van der Waals surface area (Å²) in [6.45, 7) is 1.77. The topological polar surface area (TPSA) is 252 Å². The summed E-state index contributed by atoms with van der Waals surface area (Å²) >= 11 is 0. The van der Waals surface area contributed by atoms with Gasteiger partial charge in [0.25, 0.3) is 0 Å². The smallest absolute Gasteiger partial charge is 0.247 e. The highest BCUT2D eigenvalue weighted by atomic mass is 35.5. The highest BCUT2D eigenvalue weighted by Gasteiger charge is 2.29. The van der Waals surface area contributed by atoms with Crippen molar-refractivity contribution in [2.24, 2.45) is 23.3 Å². The van der Waals surface area contributed by atoms with E-state index in [1.807, 2.05) is 43.3 Å². The number of aromatic nitrogens is 4. The molecule has 16 nitrogen and oxygen atoms in total. The van der Waals surface area contributed by atoms with E-state index in [4.69, 9.17) is 11.5 Å². The van der Waals surface area contributed by atoms with Crippen LogP contribution in [0.25, 0.3) is 22.5 Å². The molecule has 54 heavy (non-hydrogen) atoms. The van der Waals surface area contributed by atoms with Crippen LogP contribution in [0.1, 0.15) is 36.8 Å². The predicted octanol–water partition coefficient (Wildman–Crippen LogP) is 1.82. The first-order chi connectivity index (χ1) is 25.6. The van der Waals surface area contributed by atoms with E-state index in [2.05, 4.69) is 47.2 Å². The lowest BCUT2D eigenvalue weighted by molar-refractivity contribution is -0.130. The molecule has 4 aromatic rings. The minimum Gasteiger partial charge on any atom is -0.346 e. The number of nitrogens with zero attached hydrogens (tertiary/aromatic N) is 3. The number of H-pyrrole nitrogens is 1. The molecule has 0 radical (unpaired) electrons. The van der Waals surface area contributed by atoms with E-state index in [1.54, 1.807) is 30.3 Å². The molecule has 1 heterocycles. The standard InChI is InChI=1S/C37H45N11O5.ClH/c1-22-16-29(42-34(51)21-41-33(50)20-40-32(49)19-39)14-15-30(22)25-6-2-23(3-7-25)17-31(44-36(52)27-8-4-24(18-38)5-9-27)37(53)43-28-12-10-26(11-13-28)35-45-47-48-46-35;/h2-3,6-7,10-16,24,27,31H,4-5,8-9,17-21,38-39H2,1H3,(H,40,49)(H,41,50)(H,42,51)(H,43,53)(H,44,52)(H,45,46,47,48);1H/t24?,27?,31-;/m0./s1. The average Bonchev–Trinajstić information content (AvgIpc) is 3.72. The quantitative estimate of drug-likeness (QED) is 0.0873. The molecule has 3 aromatic carbocycles. The molecule has 17 heteroatoms. The van der Waals surface area contributed by atoms with Gasteiger partial charge >= 0.3 is 0 Å². The number of nitrogens with one attached hydrogen (secondary N) is 6. The zero-order valence-electron chi connectivity index (χ0n) is 29.9. The molecule has 1 aliphatic carbocycles. The van der Waals surface area contributed by atoms with Crippen LogP contribution in [0.5, 0.6) is 0 Å². The Balaban J connectivity index is 0.00000650. The Bertz CT molecular complexity index is 1880. The van der Waals surface area contributed by atoms with Crippen molar-refractivity contribution in [1.29, 1.82) is 0 Å².